The number of piperidine rings is 1. The van der Waals surface area contributed by atoms with Gasteiger partial charge in [-0.3, -0.25) is 0 Å². The van der Waals surface area contributed by atoms with Gasteiger partial charge >= 0.3 is 0 Å². The minimum atomic E-state index is -0.632. The van der Waals surface area contributed by atoms with Gasteiger partial charge in [-0.1, -0.05) is 6.42 Å². The first-order chi connectivity index (χ1) is 6.17. The summed E-state index contributed by atoms with van der Waals surface area (Å²) in [6, 6.07) is 0.231. The van der Waals surface area contributed by atoms with Crippen LogP contribution >= 0.6 is 0 Å². The van der Waals surface area contributed by atoms with E-state index in [1.165, 1.54) is 12.8 Å². The third kappa shape index (κ3) is 3.02. The molecule has 2 N–H and O–H groups in total. The highest BCUT2D eigenvalue weighted by Gasteiger charge is 2.31. The first-order valence-electron chi connectivity index (χ1n) is 5.06. The maximum Gasteiger partial charge on any atom is 0.0781 e. The van der Waals surface area contributed by atoms with E-state index in [4.69, 9.17) is 6.42 Å². The van der Waals surface area contributed by atoms with E-state index in [-0.39, 0.29) is 6.04 Å². The van der Waals surface area contributed by atoms with Gasteiger partial charge in [0.2, 0.25) is 0 Å². The summed E-state index contributed by atoms with van der Waals surface area (Å²) in [4.78, 5) is 0. The molecule has 2 atom stereocenters. The molecule has 0 aromatic rings. The normalized spacial score (nSPS) is 27.6. The molecule has 1 aliphatic heterocycles. The third-order valence-corrected chi connectivity index (χ3v) is 2.84. The number of terminal acetylenes is 1. The molecule has 1 fully saturated rings. The van der Waals surface area contributed by atoms with Crippen molar-refractivity contribution in [2.45, 2.75) is 50.7 Å². The molecular weight excluding hydrogens is 162 g/mol. The fourth-order valence-corrected chi connectivity index (χ4v) is 1.88. The van der Waals surface area contributed by atoms with Crippen LogP contribution < -0.4 is 5.32 Å². The number of hydrogen-bond acceptors (Lipinski definition) is 2. The Bertz CT molecular complexity index is 187. The zero-order valence-electron chi connectivity index (χ0n) is 8.34. The van der Waals surface area contributed by atoms with Gasteiger partial charge in [-0.25, -0.2) is 0 Å². The summed E-state index contributed by atoms with van der Waals surface area (Å²) in [5.41, 5.74) is -0.632. The van der Waals surface area contributed by atoms with E-state index in [1.807, 2.05) is 6.92 Å². The minimum absolute atomic E-state index is 0.231. The van der Waals surface area contributed by atoms with E-state index < -0.39 is 5.60 Å². The van der Waals surface area contributed by atoms with Crippen molar-refractivity contribution in [3.8, 4) is 12.3 Å². The van der Waals surface area contributed by atoms with Gasteiger partial charge in [0.15, 0.2) is 0 Å². The maximum atomic E-state index is 10.1. The molecule has 1 rings (SSSR count). The summed E-state index contributed by atoms with van der Waals surface area (Å²) in [6.07, 6.45) is 10.0. The zero-order chi connectivity index (χ0) is 9.73. The van der Waals surface area contributed by atoms with Crippen molar-refractivity contribution < 1.29 is 5.11 Å². The van der Waals surface area contributed by atoms with Gasteiger partial charge in [0.25, 0.3) is 0 Å². The van der Waals surface area contributed by atoms with E-state index in [0.717, 1.165) is 13.0 Å². The molecule has 0 aliphatic carbocycles. The Morgan fingerprint density at radius 1 is 1.62 bits per heavy atom. The number of nitrogens with one attached hydrogen (secondary N) is 1. The Balaban J connectivity index is 2.42. The molecule has 0 aromatic heterocycles. The van der Waals surface area contributed by atoms with Gasteiger partial charge in [-0.05, 0) is 32.7 Å². The summed E-state index contributed by atoms with van der Waals surface area (Å²) < 4.78 is 0. The Morgan fingerprint density at radius 2 is 2.38 bits per heavy atom. The second-order valence-electron chi connectivity index (χ2n) is 4.06. The summed E-state index contributed by atoms with van der Waals surface area (Å²) in [7, 11) is 0. The van der Waals surface area contributed by atoms with Crippen molar-refractivity contribution in [3.63, 3.8) is 0 Å². The topological polar surface area (TPSA) is 32.3 Å². The Kier molecular flexibility index (Phi) is 3.77. The Morgan fingerprint density at radius 3 is 2.92 bits per heavy atom. The highest BCUT2D eigenvalue weighted by atomic mass is 16.3. The first kappa shape index (κ1) is 10.6. The Hall–Kier alpha value is -0.520. The van der Waals surface area contributed by atoms with E-state index in [9.17, 15) is 5.11 Å². The van der Waals surface area contributed by atoms with Gasteiger partial charge in [0.05, 0.1) is 5.60 Å². The molecule has 2 heteroatoms. The van der Waals surface area contributed by atoms with Crippen LogP contribution in [-0.4, -0.2) is 23.3 Å². The highest BCUT2D eigenvalue weighted by molar-refractivity contribution is 4.94. The molecule has 13 heavy (non-hydrogen) atoms. The van der Waals surface area contributed by atoms with Gasteiger partial charge in [-0.2, -0.15) is 0 Å². The molecule has 0 radical (unpaired) electrons. The number of rotatable bonds is 3. The maximum absolute atomic E-state index is 10.1. The quantitative estimate of drug-likeness (QED) is 0.643. The van der Waals surface area contributed by atoms with E-state index in [1.54, 1.807) is 0 Å². The summed E-state index contributed by atoms with van der Waals surface area (Å²) in [5, 5.41) is 13.5. The molecule has 2 unspecified atom stereocenters. The molecule has 0 aromatic carbocycles. The summed E-state index contributed by atoms with van der Waals surface area (Å²) >= 11 is 0. The van der Waals surface area contributed by atoms with Crippen LogP contribution in [0.2, 0.25) is 0 Å². The van der Waals surface area contributed by atoms with Gasteiger partial charge < -0.3 is 10.4 Å². The predicted molar refractivity (Wildman–Crippen MR) is 54.3 cm³/mol. The van der Waals surface area contributed by atoms with Crippen LogP contribution in [0, 0.1) is 12.3 Å². The largest absolute Gasteiger partial charge is 0.389 e. The zero-order valence-corrected chi connectivity index (χ0v) is 8.34. The highest BCUT2D eigenvalue weighted by Crippen LogP contribution is 2.23. The fourth-order valence-electron chi connectivity index (χ4n) is 1.88. The van der Waals surface area contributed by atoms with Crippen LogP contribution in [0.5, 0.6) is 0 Å². The van der Waals surface area contributed by atoms with Crippen molar-refractivity contribution in [3.05, 3.63) is 0 Å². The SMILES string of the molecule is C#CCCC(C)(O)C1CCCCN1. The molecule has 0 bridgehead atoms. The molecule has 0 amide bonds. The van der Waals surface area contributed by atoms with E-state index in [0.29, 0.717) is 12.8 Å². The second kappa shape index (κ2) is 4.64. The van der Waals surface area contributed by atoms with Crippen LogP contribution in [0.25, 0.3) is 0 Å². The predicted octanol–water partition coefficient (Wildman–Crippen LogP) is 1.29. The van der Waals surface area contributed by atoms with Crippen LogP contribution in [0.4, 0.5) is 0 Å². The van der Waals surface area contributed by atoms with E-state index >= 15 is 0 Å². The summed E-state index contributed by atoms with van der Waals surface area (Å²) in [5.74, 6) is 2.58. The van der Waals surface area contributed by atoms with Crippen LogP contribution in [0.3, 0.4) is 0 Å². The summed E-state index contributed by atoms with van der Waals surface area (Å²) in [6.45, 7) is 2.91. The van der Waals surface area contributed by atoms with E-state index in [2.05, 4.69) is 11.2 Å². The van der Waals surface area contributed by atoms with Crippen LogP contribution in [0.15, 0.2) is 0 Å². The van der Waals surface area contributed by atoms with Gasteiger partial charge in [0, 0.05) is 12.5 Å². The van der Waals surface area contributed by atoms with Crippen LogP contribution in [0.1, 0.15) is 39.0 Å². The third-order valence-electron chi connectivity index (χ3n) is 2.84. The Labute approximate surface area is 80.7 Å². The minimum Gasteiger partial charge on any atom is -0.389 e. The molecule has 1 aliphatic rings. The van der Waals surface area contributed by atoms with Crippen molar-refractivity contribution in [1.29, 1.82) is 0 Å². The van der Waals surface area contributed by atoms with Gasteiger partial charge in [-0.15, -0.1) is 12.3 Å². The molecule has 0 saturated carbocycles. The standard InChI is InChI=1S/C11H19NO/c1-3-4-8-11(2,13)10-7-5-6-9-12-10/h1,10,12-13H,4-9H2,2H3. The lowest BCUT2D eigenvalue weighted by molar-refractivity contribution is 0.00372. The number of aliphatic hydroxyl groups is 1. The molecule has 74 valence electrons. The van der Waals surface area contributed by atoms with Crippen molar-refractivity contribution in [2.24, 2.45) is 0 Å². The monoisotopic (exact) mass is 181 g/mol. The smallest absolute Gasteiger partial charge is 0.0781 e. The van der Waals surface area contributed by atoms with Crippen molar-refractivity contribution in [1.82, 2.24) is 5.32 Å². The average Bonchev–Trinajstić information content (AvgIpc) is 2.16. The molecular formula is C11H19NO. The van der Waals surface area contributed by atoms with Crippen LogP contribution in [-0.2, 0) is 0 Å². The fraction of sp³-hybridized carbons (Fsp3) is 0.818. The lowest BCUT2D eigenvalue weighted by atomic mass is 9.86. The van der Waals surface area contributed by atoms with Gasteiger partial charge in [0.1, 0.15) is 0 Å². The molecule has 0 spiro atoms. The number of hydrogen-bond donors (Lipinski definition) is 2. The molecule has 2 nitrogen and oxygen atoms in total. The molecule has 1 saturated heterocycles. The average molecular weight is 181 g/mol. The second-order valence-corrected chi connectivity index (χ2v) is 4.06. The molecule has 1 heterocycles. The first-order valence-corrected chi connectivity index (χ1v) is 5.06. The lowest BCUT2D eigenvalue weighted by Gasteiger charge is -2.36. The van der Waals surface area contributed by atoms with Crippen molar-refractivity contribution in [2.75, 3.05) is 6.54 Å². The van der Waals surface area contributed by atoms with Crippen molar-refractivity contribution >= 4 is 0 Å². The lowest BCUT2D eigenvalue weighted by Crippen LogP contribution is -2.50.